The van der Waals surface area contributed by atoms with Gasteiger partial charge in [0, 0.05) is 45.6 Å². The van der Waals surface area contributed by atoms with Crippen LogP contribution in [0.3, 0.4) is 0 Å². The lowest BCUT2D eigenvalue weighted by atomic mass is 10.2. The third kappa shape index (κ3) is 13.5. The molecule has 0 aromatic heterocycles. The number of esters is 2. The topological polar surface area (TPSA) is 248 Å². The summed E-state index contributed by atoms with van der Waals surface area (Å²) in [6.07, 6.45) is 0.788. The average molecular weight is 394 g/mol. The lowest BCUT2D eigenvalue weighted by molar-refractivity contribution is -0.146. The number of ether oxygens (including phenoxy) is 2. The number of rotatable bonds is 15. The molecule has 0 rings (SSSR count). The van der Waals surface area contributed by atoms with Crippen LogP contribution >= 0.6 is 0 Å². The molecular formula is C12H18N12O4. The number of nitrogens with zero attached hydrogens (tertiary/aromatic N) is 12. The minimum atomic E-state index is -0.783. The van der Waals surface area contributed by atoms with Gasteiger partial charge in [-0.25, -0.2) is 0 Å². The maximum atomic E-state index is 11.6. The predicted octanol–water partition coefficient (Wildman–Crippen LogP) is 3.61. The van der Waals surface area contributed by atoms with Crippen molar-refractivity contribution in [2.45, 2.75) is 37.8 Å². The highest BCUT2D eigenvalue weighted by molar-refractivity contribution is 5.70. The summed E-state index contributed by atoms with van der Waals surface area (Å²) in [6, 6.07) is -1.57. The Kier molecular flexibility index (Phi) is 14.4. The molecule has 16 nitrogen and oxygen atoms in total. The van der Waals surface area contributed by atoms with E-state index < -0.39 is 24.0 Å². The second-order valence-corrected chi connectivity index (χ2v) is 5.12. The lowest BCUT2D eigenvalue weighted by Crippen LogP contribution is -2.20. The Morgan fingerprint density at radius 1 is 0.714 bits per heavy atom. The molecule has 28 heavy (non-hydrogen) atoms. The zero-order valence-corrected chi connectivity index (χ0v) is 14.8. The van der Waals surface area contributed by atoms with E-state index in [0.717, 1.165) is 0 Å². The van der Waals surface area contributed by atoms with Crippen molar-refractivity contribution in [3.63, 3.8) is 0 Å². The van der Waals surface area contributed by atoms with Crippen molar-refractivity contribution in [2.24, 2.45) is 20.5 Å². The van der Waals surface area contributed by atoms with Crippen LogP contribution in [0.5, 0.6) is 0 Å². The van der Waals surface area contributed by atoms with Gasteiger partial charge in [0.2, 0.25) is 0 Å². The first-order valence-electron chi connectivity index (χ1n) is 7.98. The summed E-state index contributed by atoms with van der Waals surface area (Å²) in [7, 11) is 0. The molecule has 0 aromatic carbocycles. The first-order valence-corrected chi connectivity index (χ1v) is 7.98. The molecule has 16 heteroatoms. The van der Waals surface area contributed by atoms with Gasteiger partial charge >= 0.3 is 11.9 Å². The molecule has 0 aromatic rings. The number of unbranched alkanes of at least 4 members (excludes halogenated alkanes) is 1. The van der Waals surface area contributed by atoms with Gasteiger partial charge in [-0.1, -0.05) is 20.5 Å². The molecule has 0 heterocycles. The van der Waals surface area contributed by atoms with Crippen molar-refractivity contribution in [2.75, 3.05) is 26.3 Å². The van der Waals surface area contributed by atoms with Crippen molar-refractivity contribution < 1.29 is 19.1 Å². The van der Waals surface area contributed by atoms with Crippen LogP contribution in [0.25, 0.3) is 41.8 Å². The largest absolute Gasteiger partial charge is 0.465 e. The predicted molar refractivity (Wildman–Crippen MR) is 94.3 cm³/mol. The van der Waals surface area contributed by atoms with Gasteiger partial charge in [-0.2, -0.15) is 0 Å². The highest BCUT2D eigenvalue weighted by Gasteiger charge is 2.12. The Morgan fingerprint density at radius 2 is 1.11 bits per heavy atom. The number of hydrogen-bond donors (Lipinski definition) is 0. The third-order valence-electron chi connectivity index (χ3n) is 3.03. The van der Waals surface area contributed by atoms with E-state index in [9.17, 15) is 9.59 Å². The number of azide groups is 4. The molecule has 0 bridgehead atoms. The van der Waals surface area contributed by atoms with Crippen molar-refractivity contribution in [3.8, 4) is 0 Å². The Balaban J connectivity index is 4.03. The Hall–Kier alpha value is -3.82. The molecule has 0 saturated heterocycles. The van der Waals surface area contributed by atoms with Crippen molar-refractivity contribution >= 4 is 11.9 Å². The first kappa shape index (κ1) is 24.2. The van der Waals surface area contributed by atoms with Gasteiger partial charge in [-0.3, -0.25) is 9.59 Å². The molecule has 0 amide bonds. The molecule has 2 atom stereocenters. The van der Waals surface area contributed by atoms with E-state index in [2.05, 4.69) is 40.1 Å². The van der Waals surface area contributed by atoms with E-state index in [1.807, 2.05) is 0 Å². The van der Waals surface area contributed by atoms with Gasteiger partial charge in [-0.05, 0) is 35.0 Å². The molecule has 0 aliphatic heterocycles. The van der Waals surface area contributed by atoms with Crippen molar-refractivity contribution in [1.29, 1.82) is 0 Å². The number of hydrogen-bond acceptors (Lipinski definition) is 8. The normalized spacial score (nSPS) is 11.3. The number of carbonyl (C=O) groups excluding carboxylic acids is 2. The molecule has 0 saturated carbocycles. The summed E-state index contributed by atoms with van der Waals surface area (Å²) in [5.74, 6) is -1.10. The minimum absolute atomic E-state index is 0.0377. The first-order chi connectivity index (χ1) is 13.6. The maximum absolute atomic E-state index is 11.6. The van der Waals surface area contributed by atoms with Crippen LogP contribution in [-0.4, -0.2) is 50.3 Å². The molecule has 2 unspecified atom stereocenters. The molecule has 0 aliphatic carbocycles. The van der Waals surface area contributed by atoms with Gasteiger partial charge in [0.1, 0.15) is 0 Å². The van der Waals surface area contributed by atoms with Crippen LogP contribution in [0.1, 0.15) is 25.7 Å². The van der Waals surface area contributed by atoms with E-state index in [-0.39, 0.29) is 39.1 Å². The zero-order chi connectivity index (χ0) is 21.0. The van der Waals surface area contributed by atoms with E-state index in [4.69, 9.17) is 31.6 Å². The van der Waals surface area contributed by atoms with E-state index in [0.29, 0.717) is 12.8 Å². The molecule has 0 N–H and O–H groups in total. The van der Waals surface area contributed by atoms with E-state index >= 15 is 0 Å². The molecule has 0 radical (unpaired) electrons. The average Bonchev–Trinajstić information content (AvgIpc) is 2.69. The molecule has 0 fully saturated rings. The fourth-order valence-corrected chi connectivity index (χ4v) is 1.71. The summed E-state index contributed by atoms with van der Waals surface area (Å²) >= 11 is 0. The second kappa shape index (κ2) is 16.6. The third-order valence-corrected chi connectivity index (χ3v) is 3.03. The highest BCUT2D eigenvalue weighted by Crippen LogP contribution is 2.05. The fourth-order valence-electron chi connectivity index (χ4n) is 1.71. The van der Waals surface area contributed by atoms with Gasteiger partial charge in [0.15, 0.2) is 0 Å². The number of carbonyl (C=O) groups is 2. The zero-order valence-electron chi connectivity index (χ0n) is 14.8. The van der Waals surface area contributed by atoms with Crippen LogP contribution in [0.15, 0.2) is 20.5 Å². The van der Waals surface area contributed by atoms with E-state index in [1.165, 1.54) is 0 Å². The summed E-state index contributed by atoms with van der Waals surface area (Å²) in [5, 5.41) is 13.2. The van der Waals surface area contributed by atoms with Crippen molar-refractivity contribution in [1.82, 2.24) is 0 Å². The summed E-state index contributed by atoms with van der Waals surface area (Å²) in [5.41, 5.74) is 33.2. The second-order valence-electron chi connectivity index (χ2n) is 5.12. The quantitative estimate of drug-likeness (QED) is 0.132. The smallest absolute Gasteiger partial charge is 0.305 e. The van der Waals surface area contributed by atoms with Crippen LogP contribution in [-0.2, 0) is 19.1 Å². The monoisotopic (exact) mass is 394 g/mol. The van der Waals surface area contributed by atoms with Gasteiger partial charge in [-0.15, -0.1) is 0 Å². The maximum Gasteiger partial charge on any atom is 0.305 e. The van der Waals surface area contributed by atoms with Crippen LogP contribution < -0.4 is 0 Å². The van der Waals surface area contributed by atoms with Gasteiger partial charge < -0.3 is 9.47 Å². The van der Waals surface area contributed by atoms with Crippen LogP contribution in [0.4, 0.5) is 0 Å². The van der Waals surface area contributed by atoms with Crippen molar-refractivity contribution in [3.05, 3.63) is 41.8 Å². The SMILES string of the molecule is [N-]=[N+]=NCC(COC(=O)CCCCC(=O)OCC(CN=[N+]=[N-])N=[N+]=[N-])N=[N+]=[N-]. The highest BCUT2D eigenvalue weighted by atomic mass is 16.5. The molecule has 0 aliphatic rings. The lowest BCUT2D eigenvalue weighted by Gasteiger charge is -2.10. The Morgan fingerprint density at radius 3 is 1.43 bits per heavy atom. The van der Waals surface area contributed by atoms with Gasteiger partial charge in [0.05, 0.1) is 25.3 Å². The van der Waals surface area contributed by atoms with Gasteiger partial charge in [0.25, 0.3) is 0 Å². The Labute approximate surface area is 158 Å². The molecule has 0 spiro atoms. The summed E-state index contributed by atoms with van der Waals surface area (Å²) in [4.78, 5) is 33.4. The molecule has 150 valence electrons. The standard InChI is InChI=1S/C12H18N12O4/c13-21-17-5-9(19-23-15)7-27-11(25)3-1-2-4-12(26)28-8-10(20-24-16)6-18-22-14/h9-10H,1-8H2. The molecular weight excluding hydrogens is 376 g/mol. The van der Waals surface area contributed by atoms with Crippen LogP contribution in [0.2, 0.25) is 0 Å². The minimum Gasteiger partial charge on any atom is -0.465 e. The van der Waals surface area contributed by atoms with E-state index in [1.54, 1.807) is 0 Å². The van der Waals surface area contributed by atoms with Crippen LogP contribution in [0, 0.1) is 0 Å². The summed E-state index contributed by atoms with van der Waals surface area (Å²) < 4.78 is 9.83. The summed E-state index contributed by atoms with van der Waals surface area (Å²) in [6.45, 7) is -0.682. The fraction of sp³-hybridized carbons (Fsp3) is 0.833. The Bertz CT molecular complexity index is 641.